The Hall–Kier alpha value is -2.99. The van der Waals surface area contributed by atoms with Crippen molar-refractivity contribution in [1.29, 1.82) is 0 Å². The van der Waals surface area contributed by atoms with Gasteiger partial charge in [0.25, 0.3) is 5.56 Å². The van der Waals surface area contributed by atoms with Crippen molar-refractivity contribution < 1.29 is 4.42 Å². The SMILES string of the molecule is Cc1nc2scc(-c3ccccc3)c2c(=O)n1/N=C\c1ccco1. The number of furan rings is 1. The van der Waals surface area contributed by atoms with E-state index in [0.29, 0.717) is 17.0 Å². The summed E-state index contributed by atoms with van der Waals surface area (Å²) < 4.78 is 6.53. The molecule has 0 aliphatic heterocycles. The molecule has 4 aromatic rings. The molecule has 0 spiro atoms. The molecule has 6 heteroatoms. The highest BCUT2D eigenvalue weighted by Crippen LogP contribution is 2.30. The number of thiophene rings is 1. The number of rotatable bonds is 3. The lowest BCUT2D eigenvalue weighted by Crippen LogP contribution is -2.20. The molecule has 4 rings (SSSR count). The lowest BCUT2D eigenvalue weighted by atomic mass is 10.1. The normalized spacial score (nSPS) is 11.5. The van der Waals surface area contributed by atoms with Crippen LogP contribution in [0.2, 0.25) is 0 Å². The second-order valence-electron chi connectivity index (χ2n) is 5.23. The van der Waals surface area contributed by atoms with E-state index in [-0.39, 0.29) is 5.56 Å². The Balaban J connectivity index is 1.91. The monoisotopic (exact) mass is 335 g/mol. The molecule has 0 bridgehead atoms. The zero-order valence-corrected chi connectivity index (χ0v) is 13.7. The van der Waals surface area contributed by atoms with Gasteiger partial charge in [-0.1, -0.05) is 30.3 Å². The number of nitrogens with zero attached hydrogens (tertiary/aromatic N) is 3. The summed E-state index contributed by atoms with van der Waals surface area (Å²) in [6.07, 6.45) is 3.07. The fourth-order valence-electron chi connectivity index (χ4n) is 2.53. The molecule has 0 amide bonds. The van der Waals surface area contributed by atoms with Crippen LogP contribution < -0.4 is 5.56 Å². The van der Waals surface area contributed by atoms with Crippen molar-refractivity contribution >= 4 is 27.8 Å². The summed E-state index contributed by atoms with van der Waals surface area (Å²) in [4.78, 5) is 18.2. The van der Waals surface area contributed by atoms with Crippen molar-refractivity contribution in [2.45, 2.75) is 6.92 Å². The van der Waals surface area contributed by atoms with Crippen molar-refractivity contribution in [3.63, 3.8) is 0 Å². The van der Waals surface area contributed by atoms with Gasteiger partial charge in [-0.2, -0.15) is 9.78 Å². The Kier molecular flexibility index (Phi) is 3.59. The minimum Gasteiger partial charge on any atom is -0.463 e. The molecule has 3 aromatic heterocycles. The number of hydrogen-bond acceptors (Lipinski definition) is 5. The second kappa shape index (κ2) is 5.90. The minimum absolute atomic E-state index is 0.180. The first kappa shape index (κ1) is 14.6. The van der Waals surface area contributed by atoms with Crippen LogP contribution in [-0.4, -0.2) is 15.9 Å². The molecule has 0 atom stereocenters. The molecule has 118 valence electrons. The second-order valence-corrected chi connectivity index (χ2v) is 6.09. The fraction of sp³-hybridized carbons (Fsp3) is 0.0556. The highest BCUT2D eigenvalue weighted by atomic mass is 32.1. The van der Waals surface area contributed by atoms with Crippen molar-refractivity contribution in [3.8, 4) is 11.1 Å². The van der Waals surface area contributed by atoms with E-state index in [1.807, 2.05) is 35.7 Å². The Morgan fingerprint density at radius 3 is 2.79 bits per heavy atom. The number of benzene rings is 1. The van der Waals surface area contributed by atoms with Gasteiger partial charge in [0.1, 0.15) is 16.4 Å². The largest absolute Gasteiger partial charge is 0.463 e. The van der Waals surface area contributed by atoms with Crippen LogP contribution in [0.15, 0.2) is 68.4 Å². The van der Waals surface area contributed by atoms with Crippen molar-refractivity contribution in [1.82, 2.24) is 9.66 Å². The molecule has 1 aromatic carbocycles. The first-order chi connectivity index (χ1) is 11.7. The summed E-state index contributed by atoms with van der Waals surface area (Å²) in [7, 11) is 0. The van der Waals surface area contributed by atoms with Crippen LogP contribution in [0.1, 0.15) is 11.6 Å². The van der Waals surface area contributed by atoms with Gasteiger partial charge in [0.15, 0.2) is 0 Å². The van der Waals surface area contributed by atoms with Gasteiger partial charge in [-0.05, 0) is 24.6 Å². The van der Waals surface area contributed by atoms with Gasteiger partial charge in [-0.25, -0.2) is 4.98 Å². The van der Waals surface area contributed by atoms with Crippen LogP contribution >= 0.6 is 11.3 Å². The average molecular weight is 335 g/mol. The molecule has 0 aliphatic rings. The first-order valence-corrected chi connectivity index (χ1v) is 8.26. The summed E-state index contributed by atoms with van der Waals surface area (Å²) in [5.41, 5.74) is 1.70. The van der Waals surface area contributed by atoms with Crippen LogP contribution in [0, 0.1) is 6.92 Å². The van der Waals surface area contributed by atoms with Gasteiger partial charge >= 0.3 is 0 Å². The van der Waals surface area contributed by atoms with Gasteiger partial charge in [-0.3, -0.25) is 4.79 Å². The molecule has 0 aliphatic carbocycles. The van der Waals surface area contributed by atoms with Crippen molar-refractivity contribution in [2.24, 2.45) is 5.10 Å². The molecule has 0 saturated carbocycles. The van der Waals surface area contributed by atoms with Crippen LogP contribution in [0.25, 0.3) is 21.3 Å². The summed E-state index contributed by atoms with van der Waals surface area (Å²) in [6, 6.07) is 13.4. The Morgan fingerprint density at radius 1 is 1.21 bits per heavy atom. The van der Waals surface area contributed by atoms with Gasteiger partial charge in [0.2, 0.25) is 0 Å². The van der Waals surface area contributed by atoms with Crippen LogP contribution in [0.5, 0.6) is 0 Å². The first-order valence-electron chi connectivity index (χ1n) is 7.38. The highest BCUT2D eigenvalue weighted by molar-refractivity contribution is 7.17. The van der Waals surface area contributed by atoms with Crippen LogP contribution in [0.4, 0.5) is 0 Å². The summed E-state index contributed by atoms with van der Waals surface area (Å²) in [5, 5.41) is 6.80. The quantitative estimate of drug-likeness (QED) is 0.533. The highest BCUT2D eigenvalue weighted by Gasteiger charge is 2.15. The van der Waals surface area contributed by atoms with E-state index in [4.69, 9.17) is 4.42 Å². The number of aryl methyl sites for hydroxylation is 1. The van der Waals surface area contributed by atoms with Gasteiger partial charge < -0.3 is 4.42 Å². The summed E-state index contributed by atoms with van der Waals surface area (Å²) >= 11 is 1.47. The van der Waals surface area contributed by atoms with Gasteiger partial charge in [0.05, 0.1) is 17.9 Å². The molecule has 24 heavy (non-hydrogen) atoms. The maximum atomic E-state index is 12.9. The van der Waals surface area contributed by atoms with E-state index < -0.39 is 0 Å². The molecule has 3 heterocycles. The zero-order valence-electron chi connectivity index (χ0n) is 12.8. The predicted octanol–water partition coefficient (Wildman–Crippen LogP) is 3.91. The van der Waals surface area contributed by atoms with E-state index in [0.717, 1.165) is 16.0 Å². The summed E-state index contributed by atoms with van der Waals surface area (Å²) in [5.74, 6) is 1.12. The van der Waals surface area contributed by atoms with Crippen LogP contribution in [-0.2, 0) is 0 Å². The van der Waals surface area contributed by atoms with E-state index in [9.17, 15) is 4.79 Å². The maximum absolute atomic E-state index is 12.9. The Morgan fingerprint density at radius 2 is 2.04 bits per heavy atom. The van der Waals surface area contributed by atoms with E-state index >= 15 is 0 Å². The van der Waals surface area contributed by atoms with Crippen molar-refractivity contribution in [3.05, 3.63) is 76.0 Å². The molecular formula is C18H13N3O2S. The molecule has 5 nitrogen and oxygen atoms in total. The molecule has 0 N–H and O–H groups in total. The molecular weight excluding hydrogens is 322 g/mol. The molecule has 0 radical (unpaired) electrons. The third-order valence-electron chi connectivity index (χ3n) is 3.68. The summed E-state index contributed by atoms with van der Waals surface area (Å²) in [6.45, 7) is 1.77. The fourth-order valence-corrected chi connectivity index (χ4v) is 3.51. The van der Waals surface area contributed by atoms with Gasteiger partial charge in [0, 0.05) is 10.9 Å². The molecule has 0 fully saturated rings. The molecule has 0 saturated heterocycles. The topological polar surface area (TPSA) is 60.4 Å². The van der Waals surface area contributed by atoms with E-state index in [1.54, 1.807) is 25.3 Å². The standard InChI is InChI=1S/C18H13N3O2S/c1-12-20-17-16(15(11-24-17)13-6-3-2-4-7-13)18(22)21(12)19-10-14-8-5-9-23-14/h2-11H,1H3/b19-10-. The Bertz CT molecular complexity index is 1080. The average Bonchev–Trinajstić information content (AvgIpc) is 3.25. The number of hydrogen-bond donors (Lipinski definition) is 0. The third-order valence-corrected chi connectivity index (χ3v) is 4.55. The van der Waals surface area contributed by atoms with Crippen molar-refractivity contribution in [2.75, 3.05) is 0 Å². The zero-order chi connectivity index (χ0) is 16.5. The van der Waals surface area contributed by atoms with E-state index in [1.165, 1.54) is 22.2 Å². The number of aromatic nitrogens is 2. The lowest BCUT2D eigenvalue weighted by Gasteiger charge is -2.04. The smallest absolute Gasteiger partial charge is 0.283 e. The van der Waals surface area contributed by atoms with Crippen LogP contribution in [0.3, 0.4) is 0 Å². The lowest BCUT2D eigenvalue weighted by molar-refractivity contribution is 0.559. The number of fused-ring (bicyclic) bond motifs is 1. The van der Waals surface area contributed by atoms with Gasteiger partial charge in [-0.15, -0.1) is 11.3 Å². The minimum atomic E-state index is -0.180. The Labute approximate surface area is 141 Å². The van der Waals surface area contributed by atoms with E-state index in [2.05, 4.69) is 10.1 Å². The molecule has 0 unspecified atom stereocenters. The maximum Gasteiger partial charge on any atom is 0.283 e. The third kappa shape index (κ3) is 2.47. The predicted molar refractivity (Wildman–Crippen MR) is 95.8 cm³/mol.